The molecule has 66 valence electrons. The number of nitrogens with zero attached hydrogens (tertiary/aromatic N) is 2. The molecule has 0 bridgehead atoms. The number of aliphatic imine (C=N–C) groups is 1. The monoisotopic (exact) mass is 174 g/mol. The molecule has 0 aliphatic carbocycles. The molecule has 0 N–H and O–H groups in total. The highest BCUT2D eigenvalue weighted by molar-refractivity contribution is 5.95. The van der Waals surface area contributed by atoms with Gasteiger partial charge in [0.1, 0.15) is 5.82 Å². The smallest absolute Gasteiger partial charge is 0.178 e. The number of carbonyl (C=O) groups is 1. The van der Waals surface area contributed by atoms with Crippen LogP contribution in [0.25, 0.3) is 0 Å². The molecule has 0 spiro atoms. The highest BCUT2D eigenvalue weighted by atomic mass is 16.1. The van der Waals surface area contributed by atoms with E-state index in [2.05, 4.69) is 10.9 Å². The van der Waals surface area contributed by atoms with Gasteiger partial charge in [-0.1, -0.05) is 0 Å². The first-order valence-electron chi connectivity index (χ1n) is 4.28. The van der Waals surface area contributed by atoms with Gasteiger partial charge in [-0.05, 0) is 0 Å². The van der Waals surface area contributed by atoms with Gasteiger partial charge in [-0.3, -0.25) is 4.79 Å². The summed E-state index contributed by atoms with van der Waals surface area (Å²) in [6.45, 7) is 0.443. The quantitative estimate of drug-likeness (QED) is 0.545. The molecule has 0 aromatic heterocycles. The van der Waals surface area contributed by atoms with Crippen LogP contribution in [-0.4, -0.2) is 29.5 Å². The van der Waals surface area contributed by atoms with E-state index in [4.69, 9.17) is 6.42 Å². The molecule has 0 amide bonds. The highest BCUT2D eigenvalue weighted by Crippen LogP contribution is 2.23. The van der Waals surface area contributed by atoms with Crippen molar-refractivity contribution in [2.75, 3.05) is 6.54 Å². The second-order valence-electron chi connectivity index (χ2n) is 3.21. The molecule has 0 saturated heterocycles. The van der Waals surface area contributed by atoms with Gasteiger partial charge in [0, 0.05) is 31.2 Å². The average Bonchev–Trinajstić information content (AvgIpc) is 2.47. The fourth-order valence-electron chi connectivity index (χ4n) is 1.67. The van der Waals surface area contributed by atoms with Crippen molar-refractivity contribution in [3.8, 4) is 12.3 Å². The van der Waals surface area contributed by atoms with Crippen molar-refractivity contribution in [3.63, 3.8) is 0 Å². The second-order valence-corrected chi connectivity index (χ2v) is 3.21. The molecular weight excluding hydrogens is 164 g/mol. The molecule has 2 heterocycles. The lowest BCUT2D eigenvalue weighted by Crippen LogP contribution is -2.35. The Labute approximate surface area is 77.1 Å². The minimum absolute atomic E-state index is 0.121. The maximum Gasteiger partial charge on any atom is 0.178 e. The van der Waals surface area contributed by atoms with Crippen molar-refractivity contribution in [1.29, 1.82) is 0 Å². The summed E-state index contributed by atoms with van der Waals surface area (Å²) in [5.74, 6) is 3.52. The van der Waals surface area contributed by atoms with Gasteiger partial charge in [-0.2, -0.15) is 0 Å². The maximum atomic E-state index is 11.1. The molecule has 0 aromatic rings. The van der Waals surface area contributed by atoms with Crippen LogP contribution in [0.1, 0.15) is 12.8 Å². The van der Waals surface area contributed by atoms with Crippen molar-refractivity contribution < 1.29 is 4.79 Å². The summed E-state index contributed by atoms with van der Waals surface area (Å²) in [5, 5.41) is 0. The zero-order valence-corrected chi connectivity index (χ0v) is 7.23. The SMILES string of the molecule is C#CCC1CC=NC2=CC(=O)CN21. The van der Waals surface area contributed by atoms with Crippen LogP contribution in [0.5, 0.6) is 0 Å². The van der Waals surface area contributed by atoms with E-state index in [0.29, 0.717) is 13.0 Å². The van der Waals surface area contributed by atoms with Crippen molar-refractivity contribution in [3.05, 3.63) is 11.9 Å². The number of fused-ring (bicyclic) bond motifs is 1. The van der Waals surface area contributed by atoms with Gasteiger partial charge < -0.3 is 4.90 Å². The van der Waals surface area contributed by atoms with Crippen LogP contribution in [0.3, 0.4) is 0 Å². The van der Waals surface area contributed by atoms with E-state index in [1.54, 1.807) is 6.08 Å². The third-order valence-electron chi connectivity index (χ3n) is 2.31. The Balaban J connectivity index is 2.21. The third kappa shape index (κ3) is 1.35. The fourth-order valence-corrected chi connectivity index (χ4v) is 1.67. The number of ketones is 1. The molecule has 13 heavy (non-hydrogen) atoms. The molecule has 0 fully saturated rings. The van der Waals surface area contributed by atoms with E-state index in [1.807, 2.05) is 11.1 Å². The Morgan fingerprint density at radius 3 is 3.38 bits per heavy atom. The molecule has 2 aliphatic rings. The van der Waals surface area contributed by atoms with Crippen LogP contribution in [0, 0.1) is 12.3 Å². The molecular formula is C10H10N2O. The zero-order valence-electron chi connectivity index (χ0n) is 7.23. The minimum Gasteiger partial charge on any atom is -0.345 e. The first kappa shape index (κ1) is 8.06. The Bertz CT molecular complexity index is 335. The lowest BCUT2D eigenvalue weighted by Gasteiger charge is -2.30. The van der Waals surface area contributed by atoms with E-state index in [0.717, 1.165) is 12.2 Å². The topological polar surface area (TPSA) is 32.7 Å². The molecule has 1 atom stereocenters. The standard InChI is InChI=1S/C10H10N2O/c1-2-3-8-4-5-11-10-6-9(13)7-12(8)10/h1,5-6,8H,3-4,7H2. The van der Waals surface area contributed by atoms with Gasteiger partial charge in [0.25, 0.3) is 0 Å². The lowest BCUT2D eigenvalue weighted by atomic mass is 10.1. The summed E-state index contributed by atoms with van der Waals surface area (Å²) < 4.78 is 0. The van der Waals surface area contributed by atoms with Gasteiger partial charge in [-0.15, -0.1) is 12.3 Å². The predicted molar refractivity (Wildman–Crippen MR) is 50.1 cm³/mol. The first-order valence-corrected chi connectivity index (χ1v) is 4.28. The normalized spacial score (nSPS) is 25.5. The molecule has 2 aliphatic heterocycles. The Kier molecular flexibility index (Phi) is 1.90. The van der Waals surface area contributed by atoms with Gasteiger partial charge in [0.2, 0.25) is 0 Å². The van der Waals surface area contributed by atoms with Crippen LogP contribution < -0.4 is 0 Å². The second kappa shape index (κ2) is 3.06. The van der Waals surface area contributed by atoms with E-state index in [1.165, 1.54) is 0 Å². The Morgan fingerprint density at radius 2 is 2.62 bits per heavy atom. The van der Waals surface area contributed by atoms with Gasteiger partial charge in [-0.25, -0.2) is 4.99 Å². The van der Waals surface area contributed by atoms with E-state index < -0.39 is 0 Å². The summed E-state index contributed by atoms with van der Waals surface area (Å²) in [7, 11) is 0. The summed E-state index contributed by atoms with van der Waals surface area (Å²) in [6.07, 6.45) is 10.2. The molecule has 0 aromatic carbocycles. The Hall–Kier alpha value is -1.56. The summed E-state index contributed by atoms with van der Waals surface area (Å²) >= 11 is 0. The summed E-state index contributed by atoms with van der Waals surface area (Å²) in [6, 6.07) is 0.264. The van der Waals surface area contributed by atoms with Gasteiger partial charge in [0.05, 0.1) is 6.54 Å². The van der Waals surface area contributed by atoms with E-state index >= 15 is 0 Å². The Morgan fingerprint density at radius 1 is 1.77 bits per heavy atom. The van der Waals surface area contributed by atoms with Gasteiger partial charge >= 0.3 is 0 Å². The van der Waals surface area contributed by atoms with Crippen molar-refractivity contribution in [2.24, 2.45) is 4.99 Å². The molecule has 0 saturated carbocycles. The summed E-state index contributed by atoms with van der Waals surface area (Å²) in [5.41, 5.74) is 0. The lowest BCUT2D eigenvalue weighted by molar-refractivity contribution is -0.114. The molecule has 2 rings (SSSR count). The number of rotatable bonds is 1. The van der Waals surface area contributed by atoms with Crippen molar-refractivity contribution >= 4 is 12.0 Å². The van der Waals surface area contributed by atoms with Crippen molar-refractivity contribution in [1.82, 2.24) is 4.90 Å². The van der Waals surface area contributed by atoms with Crippen LogP contribution >= 0.6 is 0 Å². The fraction of sp³-hybridized carbons (Fsp3) is 0.400. The zero-order chi connectivity index (χ0) is 9.26. The molecule has 0 radical (unpaired) electrons. The van der Waals surface area contributed by atoms with E-state index in [-0.39, 0.29) is 11.8 Å². The molecule has 1 unspecified atom stereocenters. The molecule has 3 heteroatoms. The van der Waals surface area contributed by atoms with Crippen LogP contribution in [-0.2, 0) is 4.79 Å². The third-order valence-corrected chi connectivity index (χ3v) is 2.31. The van der Waals surface area contributed by atoms with Crippen LogP contribution in [0.15, 0.2) is 16.9 Å². The number of carbonyl (C=O) groups excluding carboxylic acids is 1. The van der Waals surface area contributed by atoms with E-state index in [9.17, 15) is 4.79 Å². The van der Waals surface area contributed by atoms with Gasteiger partial charge in [0.15, 0.2) is 5.78 Å². The number of hydrogen-bond donors (Lipinski definition) is 0. The largest absolute Gasteiger partial charge is 0.345 e. The number of terminal acetylenes is 1. The maximum absolute atomic E-state index is 11.1. The first-order chi connectivity index (χ1) is 6.31. The molecule has 3 nitrogen and oxygen atoms in total. The summed E-state index contributed by atoms with van der Waals surface area (Å²) in [4.78, 5) is 17.3. The average molecular weight is 174 g/mol. The van der Waals surface area contributed by atoms with Crippen LogP contribution in [0.4, 0.5) is 0 Å². The highest BCUT2D eigenvalue weighted by Gasteiger charge is 2.28. The van der Waals surface area contributed by atoms with Crippen molar-refractivity contribution in [2.45, 2.75) is 18.9 Å². The minimum atomic E-state index is 0.121. The predicted octanol–water partition coefficient (Wildman–Crippen LogP) is 0.579. The number of hydrogen-bond acceptors (Lipinski definition) is 3. The van der Waals surface area contributed by atoms with Crippen LogP contribution in [0.2, 0.25) is 0 Å².